The molecule has 4 rings (SSSR count). The highest BCUT2D eigenvalue weighted by Crippen LogP contribution is 2.27. The molecule has 29 heavy (non-hydrogen) atoms. The summed E-state index contributed by atoms with van der Waals surface area (Å²) >= 11 is 1.76. The van der Waals surface area contributed by atoms with E-state index in [1.54, 1.807) is 11.9 Å². The van der Waals surface area contributed by atoms with Gasteiger partial charge in [0.15, 0.2) is 0 Å². The van der Waals surface area contributed by atoms with Gasteiger partial charge >= 0.3 is 0 Å². The molecular formula is C23H22N4OS. The Hall–Kier alpha value is -2.96. The van der Waals surface area contributed by atoms with Crippen LogP contribution in [0.5, 0.6) is 0 Å². The fraction of sp³-hybridized carbons (Fsp3) is 0.174. The molecule has 3 aromatic carbocycles. The van der Waals surface area contributed by atoms with Crippen molar-refractivity contribution in [2.45, 2.75) is 17.7 Å². The zero-order valence-corrected chi connectivity index (χ0v) is 16.8. The molecule has 1 aliphatic heterocycles. The standard InChI is InChI=1S/C23H22N4OS/c28-23(18-8-14-22(15-9-18)29-27-16-4-5-17-27)24-19-10-12-21(13-11-19)26-25-20-6-2-1-3-7-20/h1-3,6-15H,4-5,16-17H2,(H,24,28)/b26-25+. The van der Waals surface area contributed by atoms with Crippen molar-refractivity contribution in [3.8, 4) is 0 Å². The second-order valence-electron chi connectivity index (χ2n) is 6.79. The van der Waals surface area contributed by atoms with Crippen molar-refractivity contribution < 1.29 is 4.79 Å². The minimum Gasteiger partial charge on any atom is -0.322 e. The van der Waals surface area contributed by atoms with Gasteiger partial charge in [-0.3, -0.25) is 4.79 Å². The maximum atomic E-state index is 12.5. The minimum atomic E-state index is -0.124. The Labute approximate surface area is 175 Å². The second-order valence-corrected chi connectivity index (χ2v) is 7.96. The van der Waals surface area contributed by atoms with E-state index in [9.17, 15) is 4.79 Å². The molecule has 6 heteroatoms. The van der Waals surface area contributed by atoms with Crippen LogP contribution in [0.2, 0.25) is 0 Å². The quantitative estimate of drug-likeness (QED) is 0.380. The Morgan fingerprint density at radius 3 is 2.07 bits per heavy atom. The molecule has 1 aliphatic rings. The largest absolute Gasteiger partial charge is 0.322 e. The van der Waals surface area contributed by atoms with Gasteiger partial charge in [0, 0.05) is 29.2 Å². The lowest BCUT2D eigenvalue weighted by Crippen LogP contribution is -2.12. The number of anilines is 1. The molecule has 146 valence electrons. The van der Waals surface area contributed by atoms with E-state index < -0.39 is 0 Å². The predicted octanol–water partition coefficient (Wildman–Crippen LogP) is 6.46. The molecule has 0 radical (unpaired) electrons. The molecule has 0 spiro atoms. The fourth-order valence-corrected chi connectivity index (χ4v) is 4.02. The number of hydrogen-bond donors (Lipinski definition) is 1. The van der Waals surface area contributed by atoms with Gasteiger partial charge in [-0.25, -0.2) is 4.31 Å². The van der Waals surface area contributed by atoms with Crippen LogP contribution >= 0.6 is 11.9 Å². The SMILES string of the molecule is O=C(Nc1ccc(/N=N/c2ccccc2)cc1)c1ccc(SN2CCCC2)cc1. The van der Waals surface area contributed by atoms with Crippen molar-refractivity contribution in [2.24, 2.45) is 10.2 Å². The van der Waals surface area contributed by atoms with Crippen molar-refractivity contribution in [2.75, 3.05) is 18.4 Å². The molecule has 0 aliphatic carbocycles. The third-order valence-electron chi connectivity index (χ3n) is 4.58. The summed E-state index contributed by atoms with van der Waals surface area (Å²) < 4.78 is 2.37. The smallest absolute Gasteiger partial charge is 0.255 e. The molecule has 1 N–H and O–H groups in total. The van der Waals surface area contributed by atoms with Crippen LogP contribution in [-0.4, -0.2) is 23.3 Å². The minimum absolute atomic E-state index is 0.124. The zero-order chi connectivity index (χ0) is 19.9. The molecular weight excluding hydrogens is 380 g/mol. The second kappa shape index (κ2) is 9.49. The summed E-state index contributed by atoms with van der Waals surface area (Å²) in [6.07, 6.45) is 2.53. The molecule has 0 bridgehead atoms. The molecule has 0 atom stereocenters. The van der Waals surface area contributed by atoms with E-state index in [4.69, 9.17) is 0 Å². The zero-order valence-electron chi connectivity index (χ0n) is 16.0. The number of carbonyl (C=O) groups excluding carboxylic acids is 1. The van der Waals surface area contributed by atoms with E-state index in [1.165, 1.54) is 12.8 Å². The molecule has 0 saturated carbocycles. The molecule has 1 heterocycles. The average Bonchev–Trinajstić information content (AvgIpc) is 3.27. The Bertz CT molecular complexity index is 966. The molecule has 0 aromatic heterocycles. The molecule has 3 aromatic rings. The van der Waals surface area contributed by atoms with E-state index in [1.807, 2.05) is 78.9 Å². The highest BCUT2D eigenvalue weighted by Gasteiger charge is 2.13. The number of nitrogens with zero attached hydrogens (tertiary/aromatic N) is 3. The third-order valence-corrected chi connectivity index (χ3v) is 5.68. The lowest BCUT2D eigenvalue weighted by molar-refractivity contribution is 0.102. The summed E-state index contributed by atoms with van der Waals surface area (Å²) in [5.41, 5.74) is 2.90. The van der Waals surface area contributed by atoms with Crippen LogP contribution in [0.4, 0.5) is 17.1 Å². The first-order valence-electron chi connectivity index (χ1n) is 9.67. The van der Waals surface area contributed by atoms with Gasteiger partial charge in [0.25, 0.3) is 5.91 Å². The molecule has 1 amide bonds. The summed E-state index contributed by atoms with van der Waals surface area (Å²) in [7, 11) is 0. The van der Waals surface area contributed by atoms with E-state index >= 15 is 0 Å². The van der Waals surface area contributed by atoms with Crippen LogP contribution in [0.15, 0.2) is 94.0 Å². The van der Waals surface area contributed by atoms with Crippen LogP contribution in [0.25, 0.3) is 0 Å². The highest BCUT2D eigenvalue weighted by atomic mass is 32.2. The van der Waals surface area contributed by atoms with Crippen molar-refractivity contribution >= 4 is 34.9 Å². The van der Waals surface area contributed by atoms with E-state index in [2.05, 4.69) is 19.9 Å². The fourth-order valence-electron chi connectivity index (χ4n) is 3.02. The number of carbonyl (C=O) groups is 1. The van der Waals surface area contributed by atoms with Gasteiger partial charge in [-0.05, 0) is 85.5 Å². The third kappa shape index (κ3) is 5.53. The van der Waals surface area contributed by atoms with Crippen molar-refractivity contribution in [3.63, 3.8) is 0 Å². The number of nitrogens with one attached hydrogen (secondary N) is 1. The molecule has 5 nitrogen and oxygen atoms in total. The van der Waals surface area contributed by atoms with Crippen LogP contribution in [0.1, 0.15) is 23.2 Å². The van der Waals surface area contributed by atoms with Gasteiger partial charge in [0.1, 0.15) is 0 Å². The van der Waals surface area contributed by atoms with Gasteiger partial charge in [-0.2, -0.15) is 10.2 Å². The number of hydrogen-bond acceptors (Lipinski definition) is 5. The van der Waals surface area contributed by atoms with Crippen LogP contribution < -0.4 is 5.32 Å². The monoisotopic (exact) mass is 402 g/mol. The van der Waals surface area contributed by atoms with Crippen LogP contribution in [-0.2, 0) is 0 Å². The summed E-state index contributed by atoms with van der Waals surface area (Å²) in [4.78, 5) is 13.7. The average molecular weight is 403 g/mol. The van der Waals surface area contributed by atoms with E-state index in [0.29, 0.717) is 5.56 Å². The van der Waals surface area contributed by atoms with Crippen molar-refractivity contribution in [1.82, 2.24) is 4.31 Å². The van der Waals surface area contributed by atoms with Crippen LogP contribution in [0, 0.1) is 0 Å². The summed E-state index contributed by atoms with van der Waals surface area (Å²) in [6, 6.07) is 24.6. The maximum absolute atomic E-state index is 12.5. The Kier molecular flexibility index (Phi) is 6.34. The summed E-state index contributed by atoms with van der Waals surface area (Å²) in [6.45, 7) is 2.27. The number of rotatable bonds is 6. The first-order chi connectivity index (χ1) is 14.3. The normalized spacial score (nSPS) is 14.3. The van der Waals surface area contributed by atoms with Crippen molar-refractivity contribution in [3.05, 3.63) is 84.4 Å². The van der Waals surface area contributed by atoms with Gasteiger partial charge < -0.3 is 5.32 Å². The first-order valence-corrected chi connectivity index (χ1v) is 10.4. The number of benzene rings is 3. The molecule has 1 fully saturated rings. The van der Waals surface area contributed by atoms with E-state index in [-0.39, 0.29) is 5.91 Å². The van der Waals surface area contributed by atoms with Gasteiger partial charge in [-0.1, -0.05) is 18.2 Å². The van der Waals surface area contributed by atoms with Crippen LogP contribution in [0.3, 0.4) is 0 Å². The lowest BCUT2D eigenvalue weighted by atomic mass is 10.2. The lowest BCUT2D eigenvalue weighted by Gasteiger charge is -2.13. The first kappa shape index (κ1) is 19.4. The van der Waals surface area contributed by atoms with Crippen molar-refractivity contribution in [1.29, 1.82) is 0 Å². The topological polar surface area (TPSA) is 57.1 Å². The maximum Gasteiger partial charge on any atom is 0.255 e. The Morgan fingerprint density at radius 2 is 1.41 bits per heavy atom. The summed E-state index contributed by atoms with van der Waals surface area (Å²) in [5, 5.41) is 11.3. The number of amides is 1. The molecule has 1 saturated heterocycles. The van der Waals surface area contributed by atoms with Gasteiger partial charge in [0.05, 0.1) is 11.4 Å². The van der Waals surface area contributed by atoms with E-state index in [0.717, 1.165) is 35.0 Å². The Morgan fingerprint density at radius 1 is 0.793 bits per heavy atom. The summed E-state index contributed by atoms with van der Waals surface area (Å²) in [5.74, 6) is -0.124. The molecule has 0 unspecified atom stereocenters. The Balaban J connectivity index is 1.33. The number of azo groups is 1. The predicted molar refractivity (Wildman–Crippen MR) is 118 cm³/mol. The highest BCUT2D eigenvalue weighted by molar-refractivity contribution is 7.97. The van der Waals surface area contributed by atoms with Gasteiger partial charge in [-0.15, -0.1) is 0 Å². The van der Waals surface area contributed by atoms with Gasteiger partial charge in [0.2, 0.25) is 0 Å².